The number of aliphatic hydroxyl groups excluding tert-OH is 1. The van der Waals surface area contributed by atoms with Crippen LogP contribution in [0.3, 0.4) is 0 Å². The Labute approximate surface area is 77.5 Å². The van der Waals surface area contributed by atoms with Crippen molar-refractivity contribution >= 4 is 0 Å². The van der Waals surface area contributed by atoms with Crippen molar-refractivity contribution in [3.63, 3.8) is 0 Å². The summed E-state index contributed by atoms with van der Waals surface area (Å²) in [6.45, 7) is 3.93. The van der Waals surface area contributed by atoms with E-state index in [-0.39, 0.29) is 5.92 Å². The van der Waals surface area contributed by atoms with Gasteiger partial charge >= 0.3 is 0 Å². The highest BCUT2D eigenvalue weighted by molar-refractivity contribution is 5.07. The molecule has 3 unspecified atom stereocenters. The molecule has 0 spiro atoms. The van der Waals surface area contributed by atoms with E-state index >= 15 is 0 Å². The standard InChI is InChI=1S/C10H16F2O/c1-6-3-7(2)5-8(4-6)9(13)10(11)12/h3,6,8-10,13H,4-5H2,1-2H3. The molecule has 3 atom stereocenters. The lowest BCUT2D eigenvalue weighted by Crippen LogP contribution is -2.31. The van der Waals surface area contributed by atoms with Gasteiger partial charge in [-0.2, -0.15) is 0 Å². The monoisotopic (exact) mass is 190 g/mol. The number of halogens is 2. The molecular formula is C10H16F2O. The van der Waals surface area contributed by atoms with Crippen molar-refractivity contribution in [3.8, 4) is 0 Å². The number of hydrogen-bond acceptors (Lipinski definition) is 1. The summed E-state index contributed by atoms with van der Waals surface area (Å²) in [6.07, 6.45) is -0.692. The summed E-state index contributed by atoms with van der Waals surface area (Å²) in [5, 5.41) is 9.21. The summed E-state index contributed by atoms with van der Waals surface area (Å²) in [7, 11) is 0. The van der Waals surface area contributed by atoms with E-state index in [2.05, 4.69) is 6.08 Å². The molecule has 0 saturated heterocycles. The highest BCUT2D eigenvalue weighted by atomic mass is 19.3. The van der Waals surface area contributed by atoms with Gasteiger partial charge in [-0.1, -0.05) is 18.6 Å². The Morgan fingerprint density at radius 2 is 2.15 bits per heavy atom. The second-order valence-electron chi connectivity index (χ2n) is 4.02. The predicted molar refractivity (Wildman–Crippen MR) is 47.7 cm³/mol. The predicted octanol–water partition coefficient (Wildman–Crippen LogP) is 2.60. The van der Waals surface area contributed by atoms with Gasteiger partial charge < -0.3 is 5.11 Å². The van der Waals surface area contributed by atoms with Crippen molar-refractivity contribution < 1.29 is 13.9 Å². The number of allylic oxidation sites excluding steroid dienone is 2. The van der Waals surface area contributed by atoms with Crippen LogP contribution in [-0.2, 0) is 0 Å². The first-order valence-corrected chi connectivity index (χ1v) is 4.64. The first kappa shape index (κ1) is 10.6. The fourth-order valence-corrected chi connectivity index (χ4v) is 2.06. The smallest absolute Gasteiger partial charge is 0.264 e. The van der Waals surface area contributed by atoms with Crippen LogP contribution in [0.15, 0.2) is 11.6 Å². The molecular weight excluding hydrogens is 174 g/mol. The lowest BCUT2D eigenvalue weighted by molar-refractivity contribution is -0.0439. The maximum absolute atomic E-state index is 12.2. The Bertz CT molecular complexity index is 201. The van der Waals surface area contributed by atoms with Crippen molar-refractivity contribution in [3.05, 3.63) is 11.6 Å². The average molecular weight is 190 g/mol. The molecule has 13 heavy (non-hydrogen) atoms. The van der Waals surface area contributed by atoms with Gasteiger partial charge in [0, 0.05) is 0 Å². The van der Waals surface area contributed by atoms with E-state index in [1.807, 2.05) is 13.8 Å². The fourth-order valence-electron chi connectivity index (χ4n) is 2.06. The molecule has 0 aliphatic heterocycles. The van der Waals surface area contributed by atoms with Gasteiger partial charge in [0.1, 0.15) is 6.10 Å². The van der Waals surface area contributed by atoms with Crippen LogP contribution in [0.5, 0.6) is 0 Å². The van der Waals surface area contributed by atoms with Crippen LogP contribution in [0.4, 0.5) is 8.78 Å². The number of aliphatic hydroxyl groups is 1. The number of rotatable bonds is 2. The molecule has 0 radical (unpaired) electrons. The zero-order valence-corrected chi connectivity index (χ0v) is 8.00. The molecule has 0 aromatic heterocycles. The van der Waals surface area contributed by atoms with Crippen LogP contribution in [-0.4, -0.2) is 17.6 Å². The lowest BCUT2D eigenvalue weighted by atomic mass is 9.81. The van der Waals surface area contributed by atoms with Gasteiger partial charge in [0.05, 0.1) is 0 Å². The molecule has 0 heterocycles. The molecule has 1 nitrogen and oxygen atoms in total. The minimum absolute atomic E-state index is 0.264. The molecule has 0 aromatic carbocycles. The van der Waals surface area contributed by atoms with Crippen LogP contribution in [0.1, 0.15) is 26.7 Å². The van der Waals surface area contributed by atoms with Gasteiger partial charge in [0.15, 0.2) is 0 Å². The summed E-state index contributed by atoms with van der Waals surface area (Å²) in [5.74, 6) is 0.0483. The third-order valence-electron chi connectivity index (χ3n) is 2.57. The summed E-state index contributed by atoms with van der Waals surface area (Å²) in [4.78, 5) is 0. The van der Waals surface area contributed by atoms with Crippen LogP contribution >= 0.6 is 0 Å². The zero-order chi connectivity index (χ0) is 10.0. The van der Waals surface area contributed by atoms with Crippen LogP contribution in [0.25, 0.3) is 0 Å². The van der Waals surface area contributed by atoms with E-state index in [0.717, 1.165) is 5.57 Å². The quantitative estimate of drug-likeness (QED) is 0.663. The lowest BCUT2D eigenvalue weighted by Gasteiger charge is -2.28. The normalized spacial score (nSPS) is 31.7. The molecule has 1 aliphatic carbocycles. The number of hydrogen-bond donors (Lipinski definition) is 1. The molecule has 1 aliphatic rings. The van der Waals surface area contributed by atoms with Gasteiger partial charge in [-0.15, -0.1) is 0 Å². The van der Waals surface area contributed by atoms with Crippen LogP contribution in [0.2, 0.25) is 0 Å². The van der Waals surface area contributed by atoms with E-state index in [9.17, 15) is 13.9 Å². The van der Waals surface area contributed by atoms with Gasteiger partial charge in [-0.25, -0.2) is 8.78 Å². The molecule has 0 saturated carbocycles. The van der Waals surface area contributed by atoms with Crippen molar-refractivity contribution in [1.29, 1.82) is 0 Å². The fraction of sp³-hybridized carbons (Fsp3) is 0.800. The SMILES string of the molecule is CC1=CC(C)CC(C(O)C(F)F)C1. The molecule has 1 rings (SSSR count). The minimum Gasteiger partial charge on any atom is -0.387 e. The third-order valence-corrected chi connectivity index (χ3v) is 2.57. The third kappa shape index (κ3) is 2.76. The van der Waals surface area contributed by atoms with Crippen LogP contribution in [0, 0.1) is 11.8 Å². The number of alkyl halides is 2. The molecule has 3 heteroatoms. The van der Waals surface area contributed by atoms with E-state index in [1.165, 1.54) is 0 Å². The largest absolute Gasteiger partial charge is 0.387 e. The van der Waals surface area contributed by atoms with Crippen molar-refractivity contribution in [1.82, 2.24) is 0 Å². The molecule has 76 valence electrons. The van der Waals surface area contributed by atoms with Gasteiger partial charge in [-0.05, 0) is 31.6 Å². The van der Waals surface area contributed by atoms with Crippen molar-refractivity contribution in [2.45, 2.75) is 39.2 Å². The highest BCUT2D eigenvalue weighted by Crippen LogP contribution is 2.31. The first-order chi connectivity index (χ1) is 6.00. The second kappa shape index (κ2) is 4.18. The second-order valence-corrected chi connectivity index (χ2v) is 4.02. The minimum atomic E-state index is -2.61. The first-order valence-electron chi connectivity index (χ1n) is 4.64. The zero-order valence-electron chi connectivity index (χ0n) is 8.00. The van der Waals surface area contributed by atoms with Crippen molar-refractivity contribution in [2.75, 3.05) is 0 Å². The van der Waals surface area contributed by atoms with E-state index in [4.69, 9.17) is 0 Å². The molecule has 1 N–H and O–H groups in total. The molecule has 0 fully saturated rings. The Morgan fingerprint density at radius 1 is 1.54 bits per heavy atom. The summed E-state index contributed by atoms with van der Waals surface area (Å²) < 4.78 is 24.4. The Morgan fingerprint density at radius 3 is 2.62 bits per heavy atom. The maximum atomic E-state index is 12.2. The highest BCUT2D eigenvalue weighted by Gasteiger charge is 2.30. The Kier molecular flexibility index (Phi) is 3.42. The maximum Gasteiger partial charge on any atom is 0.264 e. The van der Waals surface area contributed by atoms with Crippen LogP contribution < -0.4 is 0 Å². The van der Waals surface area contributed by atoms with Gasteiger partial charge in [0.25, 0.3) is 6.43 Å². The molecule has 0 amide bonds. The van der Waals surface area contributed by atoms with E-state index in [1.54, 1.807) is 0 Å². The van der Waals surface area contributed by atoms with E-state index < -0.39 is 12.5 Å². The Balaban J connectivity index is 2.59. The topological polar surface area (TPSA) is 20.2 Å². The molecule has 0 bridgehead atoms. The summed E-state index contributed by atoms with van der Waals surface area (Å²) in [5.41, 5.74) is 1.11. The van der Waals surface area contributed by atoms with E-state index in [0.29, 0.717) is 18.8 Å². The van der Waals surface area contributed by atoms with Gasteiger partial charge in [0.2, 0.25) is 0 Å². The van der Waals surface area contributed by atoms with Crippen molar-refractivity contribution in [2.24, 2.45) is 11.8 Å². The summed E-state index contributed by atoms with van der Waals surface area (Å²) in [6, 6.07) is 0. The van der Waals surface area contributed by atoms with Gasteiger partial charge in [-0.3, -0.25) is 0 Å². The molecule has 0 aromatic rings. The average Bonchev–Trinajstić information content (AvgIpc) is 2.01. The summed E-state index contributed by atoms with van der Waals surface area (Å²) >= 11 is 0. The Hall–Kier alpha value is -0.440.